The van der Waals surface area contributed by atoms with E-state index in [0.717, 1.165) is 21.0 Å². The van der Waals surface area contributed by atoms with Crippen LogP contribution in [0.15, 0.2) is 77.7 Å². The molecule has 0 spiro atoms. The van der Waals surface area contributed by atoms with E-state index in [-0.39, 0.29) is 23.0 Å². The lowest BCUT2D eigenvalue weighted by Crippen LogP contribution is -2.54. The van der Waals surface area contributed by atoms with Gasteiger partial charge in [0.05, 0.1) is 10.6 Å². The van der Waals surface area contributed by atoms with Crippen LogP contribution in [-0.4, -0.2) is 43.3 Å². The lowest BCUT2D eigenvalue weighted by molar-refractivity contribution is -0.140. The molecule has 208 valence electrons. The number of carbonyl (C=O) groups excluding carboxylic acids is 2. The van der Waals surface area contributed by atoms with Crippen molar-refractivity contribution in [2.45, 2.75) is 64.6 Å². The molecule has 0 aliphatic heterocycles. The molecule has 3 rings (SSSR count). The second-order valence-electron chi connectivity index (χ2n) is 10.7. The van der Waals surface area contributed by atoms with Crippen molar-refractivity contribution in [3.8, 4) is 0 Å². The van der Waals surface area contributed by atoms with Crippen LogP contribution in [-0.2, 0) is 26.2 Å². The molecule has 7 nitrogen and oxygen atoms in total. The maximum absolute atomic E-state index is 14.0. The lowest BCUT2D eigenvalue weighted by Gasteiger charge is -2.33. The first-order valence-electron chi connectivity index (χ1n) is 12.7. The van der Waals surface area contributed by atoms with E-state index in [0.29, 0.717) is 5.02 Å². The topological polar surface area (TPSA) is 86.8 Å². The minimum atomic E-state index is -4.15. The zero-order valence-electron chi connectivity index (χ0n) is 23.2. The molecular formula is C30H36ClN3O4S. The Labute approximate surface area is 236 Å². The van der Waals surface area contributed by atoms with Gasteiger partial charge in [0.1, 0.15) is 12.6 Å². The molecule has 0 aliphatic rings. The summed E-state index contributed by atoms with van der Waals surface area (Å²) in [6.07, 6.45) is 0. The van der Waals surface area contributed by atoms with Crippen LogP contribution in [0.1, 0.15) is 44.4 Å². The van der Waals surface area contributed by atoms with Crippen molar-refractivity contribution in [3.05, 3.63) is 94.5 Å². The highest BCUT2D eigenvalue weighted by Crippen LogP contribution is 2.27. The molecule has 3 aromatic rings. The molecule has 0 radical (unpaired) electrons. The van der Waals surface area contributed by atoms with E-state index < -0.39 is 34.1 Å². The highest BCUT2D eigenvalue weighted by atomic mass is 35.5. The number of amides is 2. The summed E-state index contributed by atoms with van der Waals surface area (Å²) in [6.45, 7) is 10.6. The van der Waals surface area contributed by atoms with Crippen molar-refractivity contribution in [3.63, 3.8) is 0 Å². The fourth-order valence-corrected chi connectivity index (χ4v) is 5.62. The number of anilines is 1. The Balaban J connectivity index is 2.05. The summed E-state index contributed by atoms with van der Waals surface area (Å²) < 4.78 is 28.7. The van der Waals surface area contributed by atoms with Crippen molar-refractivity contribution in [2.75, 3.05) is 10.8 Å². The number of halogens is 1. The Morgan fingerprint density at radius 1 is 0.949 bits per heavy atom. The molecule has 0 fully saturated rings. The second kappa shape index (κ2) is 12.2. The Hall–Kier alpha value is -3.36. The average molecular weight is 570 g/mol. The number of rotatable bonds is 9. The number of nitrogens with zero attached hydrogens (tertiary/aromatic N) is 2. The zero-order chi connectivity index (χ0) is 29.0. The molecule has 0 saturated carbocycles. The molecule has 0 aliphatic carbocycles. The minimum absolute atomic E-state index is 0.0462. The number of benzene rings is 3. The standard InChI is InChI=1S/C30H36ClN3O4S/c1-21-14-16-27(17-15-21)39(37,38)34(26-13-9-12-25(31)18-26)20-28(35)33(19-24-11-8-7-10-22(24)2)23(3)29(36)32-30(4,5)6/h7-18,23H,19-20H2,1-6H3,(H,32,36). The van der Waals surface area contributed by atoms with Crippen LogP contribution < -0.4 is 9.62 Å². The van der Waals surface area contributed by atoms with Crippen LogP contribution in [0.5, 0.6) is 0 Å². The van der Waals surface area contributed by atoms with E-state index >= 15 is 0 Å². The number of nitrogens with one attached hydrogen (secondary N) is 1. The number of aryl methyl sites for hydroxylation is 2. The van der Waals surface area contributed by atoms with Crippen LogP contribution in [0.2, 0.25) is 5.02 Å². The summed E-state index contributed by atoms with van der Waals surface area (Å²) in [5.41, 5.74) is 2.46. The molecule has 1 atom stereocenters. The first kappa shape index (κ1) is 30.2. The molecule has 0 aromatic heterocycles. The smallest absolute Gasteiger partial charge is 0.264 e. The van der Waals surface area contributed by atoms with Gasteiger partial charge in [-0.25, -0.2) is 8.42 Å². The first-order valence-corrected chi connectivity index (χ1v) is 14.5. The fraction of sp³-hybridized carbons (Fsp3) is 0.333. The normalized spacial score (nSPS) is 12.5. The quantitative estimate of drug-likeness (QED) is 0.369. The van der Waals surface area contributed by atoms with Gasteiger partial charge in [0.2, 0.25) is 11.8 Å². The van der Waals surface area contributed by atoms with Crippen molar-refractivity contribution in [2.24, 2.45) is 0 Å². The van der Waals surface area contributed by atoms with E-state index in [2.05, 4.69) is 5.32 Å². The van der Waals surface area contributed by atoms with Gasteiger partial charge in [-0.15, -0.1) is 0 Å². The van der Waals surface area contributed by atoms with E-state index in [1.165, 1.54) is 23.1 Å². The van der Waals surface area contributed by atoms with Gasteiger partial charge in [0, 0.05) is 17.1 Å². The third-order valence-corrected chi connectivity index (χ3v) is 8.27. The molecule has 0 saturated heterocycles. The third kappa shape index (κ3) is 7.83. The molecule has 9 heteroatoms. The van der Waals surface area contributed by atoms with Crippen LogP contribution in [0.3, 0.4) is 0 Å². The van der Waals surface area contributed by atoms with Gasteiger partial charge in [-0.1, -0.05) is 59.6 Å². The van der Waals surface area contributed by atoms with Gasteiger partial charge in [-0.3, -0.25) is 13.9 Å². The number of hydrogen-bond donors (Lipinski definition) is 1. The van der Waals surface area contributed by atoms with Gasteiger partial charge in [-0.2, -0.15) is 0 Å². The molecule has 2 amide bonds. The molecular weight excluding hydrogens is 534 g/mol. The molecule has 0 heterocycles. The summed E-state index contributed by atoms with van der Waals surface area (Å²) in [7, 11) is -4.15. The molecule has 3 aromatic carbocycles. The largest absolute Gasteiger partial charge is 0.350 e. The monoisotopic (exact) mass is 569 g/mol. The summed E-state index contributed by atoms with van der Waals surface area (Å²) in [6, 6.07) is 19.5. The lowest BCUT2D eigenvalue weighted by atomic mass is 10.1. The first-order chi connectivity index (χ1) is 18.2. The van der Waals surface area contributed by atoms with Crippen LogP contribution >= 0.6 is 11.6 Å². The van der Waals surface area contributed by atoms with Gasteiger partial charge in [-0.05, 0) is 83.0 Å². The minimum Gasteiger partial charge on any atom is -0.350 e. The van der Waals surface area contributed by atoms with Crippen molar-refractivity contribution >= 4 is 39.1 Å². The zero-order valence-corrected chi connectivity index (χ0v) is 24.8. The van der Waals surface area contributed by atoms with Crippen LogP contribution in [0, 0.1) is 13.8 Å². The molecule has 0 bridgehead atoms. The Bertz CT molecular complexity index is 1430. The summed E-state index contributed by atoms with van der Waals surface area (Å²) in [5.74, 6) is -0.856. The molecule has 39 heavy (non-hydrogen) atoms. The highest BCUT2D eigenvalue weighted by molar-refractivity contribution is 7.92. The SMILES string of the molecule is Cc1ccc(S(=O)(=O)N(CC(=O)N(Cc2ccccc2C)C(C)C(=O)NC(C)(C)C)c2cccc(Cl)c2)cc1. The van der Waals surface area contributed by atoms with Gasteiger partial charge in [0.15, 0.2) is 0 Å². The molecule has 1 N–H and O–H groups in total. The Morgan fingerprint density at radius 2 is 1.59 bits per heavy atom. The van der Waals surface area contributed by atoms with E-state index in [4.69, 9.17) is 11.6 Å². The summed E-state index contributed by atoms with van der Waals surface area (Å²) >= 11 is 6.21. The van der Waals surface area contributed by atoms with E-state index in [1.807, 2.05) is 58.9 Å². The molecule has 1 unspecified atom stereocenters. The Morgan fingerprint density at radius 3 is 2.18 bits per heavy atom. The Kier molecular flexibility index (Phi) is 9.46. The summed E-state index contributed by atoms with van der Waals surface area (Å²) in [4.78, 5) is 28.6. The van der Waals surface area contributed by atoms with E-state index in [1.54, 1.807) is 37.3 Å². The van der Waals surface area contributed by atoms with Gasteiger partial charge in [0.25, 0.3) is 10.0 Å². The summed E-state index contributed by atoms with van der Waals surface area (Å²) in [5, 5.41) is 3.26. The van der Waals surface area contributed by atoms with Crippen molar-refractivity contribution in [1.29, 1.82) is 0 Å². The number of hydrogen-bond acceptors (Lipinski definition) is 4. The number of sulfonamides is 1. The second-order valence-corrected chi connectivity index (χ2v) is 13.0. The van der Waals surface area contributed by atoms with Gasteiger partial charge < -0.3 is 10.2 Å². The average Bonchev–Trinajstić information content (AvgIpc) is 2.85. The van der Waals surface area contributed by atoms with Crippen molar-refractivity contribution < 1.29 is 18.0 Å². The fourth-order valence-electron chi connectivity index (χ4n) is 4.03. The predicted octanol–water partition coefficient (Wildman–Crippen LogP) is 5.48. The third-order valence-electron chi connectivity index (χ3n) is 6.25. The maximum Gasteiger partial charge on any atom is 0.264 e. The van der Waals surface area contributed by atoms with Crippen LogP contribution in [0.4, 0.5) is 5.69 Å². The number of carbonyl (C=O) groups is 2. The predicted molar refractivity (Wildman–Crippen MR) is 156 cm³/mol. The van der Waals surface area contributed by atoms with Crippen molar-refractivity contribution in [1.82, 2.24) is 10.2 Å². The van der Waals surface area contributed by atoms with E-state index in [9.17, 15) is 18.0 Å². The van der Waals surface area contributed by atoms with Crippen LogP contribution in [0.25, 0.3) is 0 Å². The highest BCUT2D eigenvalue weighted by Gasteiger charge is 2.33. The maximum atomic E-state index is 14.0. The van der Waals surface area contributed by atoms with Gasteiger partial charge >= 0.3 is 0 Å².